The summed E-state index contributed by atoms with van der Waals surface area (Å²) in [5, 5.41) is 2.44. The number of benzene rings is 2. The lowest BCUT2D eigenvalue weighted by Gasteiger charge is -2.25. The number of para-hydroxylation sites is 1. The van der Waals surface area contributed by atoms with Crippen molar-refractivity contribution in [2.45, 2.75) is 39.1 Å². The number of nitrogens with zero attached hydrogens (tertiary/aromatic N) is 2. The molecule has 0 aliphatic heterocycles. The summed E-state index contributed by atoms with van der Waals surface area (Å²) in [6.07, 6.45) is -5.52. The van der Waals surface area contributed by atoms with Crippen molar-refractivity contribution in [3.8, 4) is 0 Å². The number of amides is 2. The third-order valence-corrected chi connectivity index (χ3v) is 5.17. The predicted octanol–water partition coefficient (Wildman–Crippen LogP) is 6.50. The van der Waals surface area contributed by atoms with E-state index < -0.39 is 41.7 Å². The fraction of sp³-hybridized carbons (Fsp3) is 0.261. The Morgan fingerprint density at radius 2 is 1.71 bits per heavy atom. The minimum atomic E-state index is -4.68. The Labute approximate surface area is 197 Å². The first-order valence-electron chi connectivity index (χ1n) is 10.0. The average molecular weight is 495 g/mol. The van der Waals surface area contributed by atoms with E-state index in [1.165, 1.54) is 41.9 Å². The zero-order valence-electron chi connectivity index (χ0n) is 18.4. The molecule has 2 amide bonds. The van der Waals surface area contributed by atoms with Crippen LogP contribution in [-0.2, 0) is 17.5 Å². The Balaban J connectivity index is 2.01. The van der Waals surface area contributed by atoms with Crippen LogP contribution in [0.2, 0.25) is 0 Å². The van der Waals surface area contributed by atoms with Gasteiger partial charge in [0.2, 0.25) is 0 Å². The summed E-state index contributed by atoms with van der Waals surface area (Å²) in [5.41, 5.74) is -1.20. The highest BCUT2D eigenvalue weighted by Gasteiger charge is 2.35. The van der Waals surface area contributed by atoms with Gasteiger partial charge in [0.25, 0.3) is 5.91 Å². The molecule has 180 valence electrons. The summed E-state index contributed by atoms with van der Waals surface area (Å²) in [6, 6.07) is 9.93. The van der Waals surface area contributed by atoms with Gasteiger partial charge in [0.05, 0.1) is 23.3 Å². The van der Waals surface area contributed by atoms with Gasteiger partial charge in [-0.1, -0.05) is 30.3 Å². The minimum absolute atomic E-state index is 0.0182. The van der Waals surface area contributed by atoms with Crippen LogP contribution >= 0.6 is 11.3 Å². The second-order valence-corrected chi connectivity index (χ2v) is 9.01. The number of alkyl halides is 3. The largest absolute Gasteiger partial charge is 0.444 e. The smallest absolute Gasteiger partial charge is 0.416 e. The van der Waals surface area contributed by atoms with Crippen molar-refractivity contribution >= 4 is 34.0 Å². The van der Waals surface area contributed by atoms with Crippen molar-refractivity contribution < 1.29 is 31.9 Å². The molecule has 0 aliphatic carbocycles. The summed E-state index contributed by atoms with van der Waals surface area (Å²) < 4.78 is 60.5. The van der Waals surface area contributed by atoms with E-state index in [9.17, 15) is 27.2 Å². The van der Waals surface area contributed by atoms with E-state index in [2.05, 4.69) is 10.3 Å². The quantitative estimate of drug-likeness (QED) is 0.411. The maximum Gasteiger partial charge on any atom is 0.416 e. The van der Waals surface area contributed by atoms with E-state index in [4.69, 9.17) is 4.74 Å². The third kappa shape index (κ3) is 6.10. The molecule has 3 rings (SSSR count). The molecule has 2 aromatic carbocycles. The maximum absolute atomic E-state index is 14.7. The van der Waals surface area contributed by atoms with Crippen LogP contribution in [0.3, 0.4) is 0 Å². The number of nitrogens with one attached hydrogen (secondary N) is 1. The van der Waals surface area contributed by atoms with Crippen LogP contribution in [0, 0.1) is 5.82 Å². The fourth-order valence-corrected chi connectivity index (χ4v) is 3.71. The van der Waals surface area contributed by atoms with Crippen LogP contribution < -0.4 is 10.2 Å². The van der Waals surface area contributed by atoms with Crippen molar-refractivity contribution in [3.05, 3.63) is 76.7 Å². The maximum atomic E-state index is 14.7. The van der Waals surface area contributed by atoms with E-state index in [0.29, 0.717) is 0 Å². The van der Waals surface area contributed by atoms with Crippen LogP contribution in [0.5, 0.6) is 0 Å². The zero-order valence-corrected chi connectivity index (χ0v) is 19.3. The number of rotatable bonds is 5. The molecule has 0 aliphatic rings. The van der Waals surface area contributed by atoms with Gasteiger partial charge in [0.15, 0.2) is 5.69 Å². The highest BCUT2D eigenvalue weighted by Crippen LogP contribution is 2.34. The monoisotopic (exact) mass is 495 g/mol. The second kappa shape index (κ2) is 9.80. The van der Waals surface area contributed by atoms with Gasteiger partial charge >= 0.3 is 12.3 Å². The van der Waals surface area contributed by atoms with Gasteiger partial charge in [-0.3, -0.25) is 15.0 Å². The average Bonchev–Trinajstić information content (AvgIpc) is 3.18. The van der Waals surface area contributed by atoms with Gasteiger partial charge < -0.3 is 4.74 Å². The van der Waals surface area contributed by atoms with Crippen molar-refractivity contribution in [2.24, 2.45) is 0 Å². The summed E-state index contributed by atoms with van der Waals surface area (Å²) in [4.78, 5) is 30.4. The molecule has 0 saturated heterocycles. The Morgan fingerprint density at radius 3 is 2.35 bits per heavy atom. The van der Waals surface area contributed by atoms with Crippen molar-refractivity contribution in [1.29, 1.82) is 0 Å². The van der Waals surface area contributed by atoms with Crippen LogP contribution in [0.1, 0.15) is 42.4 Å². The molecular formula is C23H21F4N3O3S. The first kappa shape index (κ1) is 25.2. The van der Waals surface area contributed by atoms with Gasteiger partial charge in [-0.2, -0.15) is 13.2 Å². The zero-order chi connectivity index (χ0) is 25.1. The van der Waals surface area contributed by atoms with E-state index >= 15 is 0 Å². The van der Waals surface area contributed by atoms with E-state index in [1.807, 2.05) is 0 Å². The molecular weight excluding hydrogens is 474 g/mol. The Bertz CT molecular complexity index is 1190. The SMILES string of the molecule is CC(C)(C)OC(=O)Nc1scnc1C(=O)N(Cc1ccccc1C(F)(F)F)c1ccccc1F. The van der Waals surface area contributed by atoms with Crippen molar-refractivity contribution in [2.75, 3.05) is 10.2 Å². The lowest BCUT2D eigenvalue weighted by atomic mass is 10.1. The van der Waals surface area contributed by atoms with Crippen LogP contribution in [-0.4, -0.2) is 22.6 Å². The molecule has 3 aromatic rings. The van der Waals surface area contributed by atoms with Gasteiger partial charge in [-0.25, -0.2) is 14.2 Å². The van der Waals surface area contributed by atoms with Crippen molar-refractivity contribution in [1.82, 2.24) is 4.98 Å². The number of hydrogen-bond acceptors (Lipinski definition) is 5. The number of anilines is 2. The van der Waals surface area contributed by atoms with E-state index in [1.54, 1.807) is 20.8 Å². The highest BCUT2D eigenvalue weighted by molar-refractivity contribution is 7.14. The van der Waals surface area contributed by atoms with Crippen LogP contribution in [0.15, 0.2) is 54.0 Å². The van der Waals surface area contributed by atoms with Crippen molar-refractivity contribution in [3.63, 3.8) is 0 Å². The Kier molecular flexibility index (Phi) is 7.25. The molecule has 1 heterocycles. The molecule has 1 N–H and O–H groups in total. The van der Waals surface area contributed by atoms with E-state index in [0.717, 1.165) is 28.4 Å². The number of thiazole rings is 1. The lowest BCUT2D eigenvalue weighted by molar-refractivity contribution is -0.138. The molecule has 0 fully saturated rings. The standard InChI is InChI=1S/C23H21F4N3O3S/c1-22(2,3)33-21(32)29-19-18(28-13-34-19)20(31)30(17-11-7-6-10-16(17)24)12-14-8-4-5-9-15(14)23(25,26)27/h4-11,13H,12H2,1-3H3,(H,29,32). The van der Waals surface area contributed by atoms with Gasteiger partial charge in [-0.15, -0.1) is 11.3 Å². The first-order valence-corrected chi connectivity index (χ1v) is 10.9. The molecule has 0 atom stereocenters. The van der Waals surface area contributed by atoms with E-state index in [-0.39, 0.29) is 21.9 Å². The summed E-state index contributed by atoms with van der Waals surface area (Å²) >= 11 is 0.918. The predicted molar refractivity (Wildman–Crippen MR) is 120 cm³/mol. The molecule has 11 heteroatoms. The number of hydrogen-bond donors (Lipinski definition) is 1. The summed E-state index contributed by atoms with van der Waals surface area (Å²) in [7, 11) is 0. The normalized spacial score (nSPS) is 11.7. The highest BCUT2D eigenvalue weighted by atomic mass is 32.1. The second-order valence-electron chi connectivity index (χ2n) is 8.15. The molecule has 0 unspecified atom stereocenters. The molecule has 6 nitrogen and oxygen atoms in total. The topological polar surface area (TPSA) is 71.5 Å². The van der Waals surface area contributed by atoms with Crippen LogP contribution in [0.4, 0.5) is 33.0 Å². The molecule has 0 radical (unpaired) electrons. The van der Waals surface area contributed by atoms with Gasteiger partial charge in [0, 0.05) is 0 Å². The number of carbonyl (C=O) groups is 2. The molecule has 0 spiro atoms. The summed E-state index contributed by atoms with van der Waals surface area (Å²) in [5.74, 6) is -1.70. The Hall–Kier alpha value is -3.47. The number of carbonyl (C=O) groups excluding carboxylic acids is 2. The first-order chi connectivity index (χ1) is 15.9. The summed E-state index contributed by atoms with van der Waals surface area (Å²) in [6.45, 7) is 4.38. The number of aromatic nitrogens is 1. The molecule has 0 saturated carbocycles. The third-order valence-electron chi connectivity index (χ3n) is 4.42. The number of ether oxygens (including phenoxy) is 1. The molecule has 1 aromatic heterocycles. The van der Waals surface area contributed by atoms with Gasteiger partial charge in [0.1, 0.15) is 16.4 Å². The minimum Gasteiger partial charge on any atom is -0.444 e. The van der Waals surface area contributed by atoms with Crippen LogP contribution in [0.25, 0.3) is 0 Å². The lowest BCUT2D eigenvalue weighted by Crippen LogP contribution is -2.33. The molecule has 0 bridgehead atoms. The van der Waals surface area contributed by atoms with Gasteiger partial charge in [-0.05, 0) is 44.5 Å². The molecule has 34 heavy (non-hydrogen) atoms. The number of halogens is 4. The Morgan fingerprint density at radius 1 is 1.06 bits per heavy atom. The fourth-order valence-electron chi connectivity index (χ4n) is 3.05.